The Morgan fingerprint density at radius 2 is 1.64 bits per heavy atom. The van der Waals surface area contributed by atoms with Gasteiger partial charge in [-0.25, -0.2) is 0 Å². The van der Waals surface area contributed by atoms with E-state index in [0.717, 1.165) is 48.5 Å². The van der Waals surface area contributed by atoms with Gasteiger partial charge in [0, 0.05) is 41.8 Å². The summed E-state index contributed by atoms with van der Waals surface area (Å²) in [7, 11) is 0. The molecule has 7 heteroatoms. The molecule has 0 saturated carbocycles. The van der Waals surface area contributed by atoms with Gasteiger partial charge in [0.15, 0.2) is 0 Å². The molecule has 0 bridgehead atoms. The molecule has 170 valence electrons. The molecule has 1 aliphatic rings. The molecule has 2 N–H and O–H groups in total. The lowest BCUT2D eigenvalue weighted by Gasteiger charge is -2.12. The molecule has 4 nitrogen and oxygen atoms in total. The van der Waals surface area contributed by atoms with Gasteiger partial charge in [0.2, 0.25) is 0 Å². The summed E-state index contributed by atoms with van der Waals surface area (Å²) in [6.45, 7) is 0.742. The molecule has 4 rings (SSSR count). The predicted molar refractivity (Wildman–Crippen MR) is 124 cm³/mol. The monoisotopic (exact) mass is 451 g/mol. The standard InChI is InChI=1S/C26H24F3N3O/c27-26(28,29)19-9-7-18(8-10-19)23-5-3-6-24(23)25(33)32-22-13-11-21(12-14-22)31-17-15-20-4-1-2-16-30-20/h1-2,4,7-14,16,31H,3,5-6,15,17H2,(H,32,33). The molecule has 1 aromatic heterocycles. The van der Waals surface area contributed by atoms with Crippen molar-refractivity contribution in [2.24, 2.45) is 0 Å². The molecule has 0 saturated heterocycles. The summed E-state index contributed by atoms with van der Waals surface area (Å²) in [5.74, 6) is -0.210. The maximum absolute atomic E-state index is 12.9. The summed E-state index contributed by atoms with van der Waals surface area (Å²) < 4.78 is 38.5. The SMILES string of the molecule is O=C(Nc1ccc(NCCc2ccccn2)cc1)C1=C(c2ccc(C(F)(F)F)cc2)CCC1. The van der Waals surface area contributed by atoms with Crippen LogP contribution in [0.4, 0.5) is 24.5 Å². The summed E-state index contributed by atoms with van der Waals surface area (Å²) in [6, 6.07) is 18.3. The molecular weight excluding hydrogens is 427 g/mol. The molecule has 1 heterocycles. The Morgan fingerprint density at radius 3 is 2.30 bits per heavy atom. The van der Waals surface area contributed by atoms with Crippen LogP contribution in [0.1, 0.15) is 36.1 Å². The summed E-state index contributed by atoms with van der Waals surface area (Å²) in [5, 5.41) is 6.24. The number of anilines is 2. The quantitative estimate of drug-likeness (QED) is 0.441. The Labute approximate surface area is 190 Å². The molecule has 1 amide bonds. The van der Waals surface area contributed by atoms with Crippen LogP contribution in [0.3, 0.4) is 0 Å². The summed E-state index contributed by atoms with van der Waals surface area (Å²) in [6.07, 6.45) is 0.291. The lowest BCUT2D eigenvalue weighted by Crippen LogP contribution is -2.14. The van der Waals surface area contributed by atoms with Gasteiger partial charge in [0.05, 0.1) is 5.56 Å². The van der Waals surface area contributed by atoms with Gasteiger partial charge in [-0.1, -0.05) is 18.2 Å². The first-order valence-electron chi connectivity index (χ1n) is 10.8. The van der Waals surface area contributed by atoms with E-state index in [-0.39, 0.29) is 5.91 Å². The number of allylic oxidation sites excluding steroid dienone is 1. The van der Waals surface area contributed by atoms with Crippen LogP contribution in [0.5, 0.6) is 0 Å². The molecule has 0 fully saturated rings. The van der Waals surface area contributed by atoms with E-state index in [1.54, 1.807) is 6.20 Å². The van der Waals surface area contributed by atoms with Crippen molar-refractivity contribution >= 4 is 22.9 Å². The summed E-state index contributed by atoms with van der Waals surface area (Å²) in [4.78, 5) is 17.2. The Morgan fingerprint density at radius 1 is 0.909 bits per heavy atom. The minimum atomic E-state index is -4.37. The van der Waals surface area contributed by atoms with Crippen LogP contribution in [0, 0.1) is 0 Å². The van der Waals surface area contributed by atoms with Crippen molar-refractivity contribution in [1.82, 2.24) is 4.98 Å². The molecular formula is C26H24F3N3O. The number of nitrogens with one attached hydrogen (secondary N) is 2. The number of hydrogen-bond acceptors (Lipinski definition) is 3. The van der Waals surface area contributed by atoms with E-state index in [4.69, 9.17) is 0 Å². The molecule has 1 aliphatic carbocycles. The normalized spacial score (nSPS) is 13.8. The fourth-order valence-electron chi connectivity index (χ4n) is 3.93. The smallest absolute Gasteiger partial charge is 0.385 e. The molecule has 0 spiro atoms. The van der Waals surface area contributed by atoms with Crippen molar-refractivity contribution in [3.8, 4) is 0 Å². The molecule has 0 atom stereocenters. The number of pyridine rings is 1. The van der Waals surface area contributed by atoms with Crippen molar-refractivity contribution in [1.29, 1.82) is 0 Å². The van der Waals surface area contributed by atoms with Crippen molar-refractivity contribution in [2.45, 2.75) is 31.9 Å². The lowest BCUT2D eigenvalue weighted by molar-refractivity contribution is -0.137. The number of aromatic nitrogens is 1. The molecule has 0 radical (unpaired) electrons. The second-order valence-electron chi connectivity index (χ2n) is 7.92. The van der Waals surface area contributed by atoms with Crippen molar-refractivity contribution in [2.75, 3.05) is 17.2 Å². The number of carbonyl (C=O) groups excluding carboxylic acids is 1. The number of hydrogen-bond donors (Lipinski definition) is 2. The third-order valence-electron chi connectivity index (χ3n) is 5.63. The Kier molecular flexibility index (Phi) is 6.77. The average Bonchev–Trinajstić information content (AvgIpc) is 3.31. The van der Waals surface area contributed by atoms with E-state index >= 15 is 0 Å². The van der Waals surface area contributed by atoms with Crippen LogP contribution >= 0.6 is 0 Å². The van der Waals surface area contributed by atoms with E-state index < -0.39 is 11.7 Å². The van der Waals surface area contributed by atoms with E-state index in [1.807, 2.05) is 42.5 Å². The number of benzene rings is 2. The number of amides is 1. The maximum atomic E-state index is 12.9. The predicted octanol–water partition coefficient (Wildman–Crippen LogP) is 6.33. The zero-order valence-electron chi connectivity index (χ0n) is 18.0. The highest BCUT2D eigenvalue weighted by atomic mass is 19.4. The van der Waals surface area contributed by atoms with Gasteiger partial charge in [0.1, 0.15) is 0 Å². The van der Waals surface area contributed by atoms with Gasteiger partial charge in [0.25, 0.3) is 5.91 Å². The highest BCUT2D eigenvalue weighted by Crippen LogP contribution is 2.36. The summed E-state index contributed by atoms with van der Waals surface area (Å²) in [5.41, 5.74) is 4.04. The van der Waals surface area contributed by atoms with Crippen LogP contribution < -0.4 is 10.6 Å². The zero-order valence-corrected chi connectivity index (χ0v) is 18.0. The van der Waals surface area contributed by atoms with E-state index in [0.29, 0.717) is 29.7 Å². The van der Waals surface area contributed by atoms with Gasteiger partial charge in [-0.05, 0) is 78.9 Å². The first-order chi connectivity index (χ1) is 15.9. The van der Waals surface area contributed by atoms with Gasteiger partial charge >= 0.3 is 6.18 Å². The Bertz CT molecular complexity index is 1120. The van der Waals surface area contributed by atoms with Crippen LogP contribution in [-0.2, 0) is 17.4 Å². The van der Waals surface area contributed by atoms with E-state index in [1.165, 1.54) is 12.1 Å². The number of rotatable bonds is 7. The molecule has 0 aliphatic heterocycles. The number of nitrogens with zero attached hydrogens (tertiary/aromatic N) is 1. The third kappa shape index (κ3) is 5.80. The fourth-order valence-corrected chi connectivity index (χ4v) is 3.93. The second kappa shape index (κ2) is 9.90. The van der Waals surface area contributed by atoms with E-state index in [9.17, 15) is 18.0 Å². The molecule has 3 aromatic rings. The molecule has 33 heavy (non-hydrogen) atoms. The first kappa shape index (κ1) is 22.6. The average molecular weight is 451 g/mol. The lowest BCUT2D eigenvalue weighted by atomic mass is 10.00. The van der Waals surface area contributed by atoms with Crippen LogP contribution in [-0.4, -0.2) is 17.4 Å². The molecule has 0 unspecified atom stereocenters. The second-order valence-corrected chi connectivity index (χ2v) is 7.92. The number of alkyl halides is 3. The largest absolute Gasteiger partial charge is 0.416 e. The van der Waals surface area contributed by atoms with Crippen LogP contribution in [0.2, 0.25) is 0 Å². The van der Waals surface area contributed by atoms with Gasteiger partial charge in [-0.15, -0.1) is 0 Å². The van der Waals surface area contributed by atoms with E-state index in [2.05, 4.69) is 15.6 Å². The Balaban J connectivity index is 1.37. The third-order valence-corrected chi connectivity index (χ3v) is 5.63. The van der Waals surface area contributed by atoms with Crippen LogP contribution in [0.15, 0.2) is 78.5 Å². The fraction of sp³-hybridized carbons (Fsp3) is 0.231. The topological polar surface area (TPSA) is 54.0 Å². The van der Waals surface area contributed by atoms with Crippen molar-refractivity contribution < 1.29 is 18.0 Å². The minimum absolute atomic E-state index is 0.210. The number of carbonyl (C=O) groups is 1. The van der Waals surface area contributed by atoms with Crippen molar-refractivity contribution in [3.63, 3.8) is 0 Å². The minimum Gasteiger partial charge on any atom is -0.385 e. The summed E-state index contributed by atoms with van der Waals surface area (Å²) >= 11 is 0. The van der Waals surface area contributed by atoms with Gasteiger partial charge < -0.3 is 10.6 Å². The molecule has 2 aromatic carbocycles. The van der Waals surface area contributed by atoms with Crippen LogP contribution in [0.25, 0.3) is 5.57 Å². The highest BCUT2D eigenvalue weighted by molar-refractivity contribution is 6.09. The maximum Gasteiger partial charge on any atom is 0.416 e. The van der Waals surface area contributed by atoms with Crippen molar-refractivity contribution in [3.05, 3.63) is 95.3 Å². The zero-order chi connectivity index (χ0) is 23.3. The van der Waals surface area contributed by atoms with Gasteiger partial charge in [-0.3, -0.25) is 9.78 Å². The van der Waals surface area contributed by atoms with Gasteiger partial charge in [-0.2, -0.15) is 13.2 Å². The highest BCUT2D eigenvalue weighted by Gasteiger charge is 2.30. The number of halogens is 3. The first-order valence-corrected chi connectivity index (χ1v) is 10.8. The Hall–Kier alpha value is -3.61.